The molecule has 1 aliphatic heterocycles. The molecule has 2 amide bonds. The van der Waals surface area contributed by atoms with Crippen molar-refractivity contribution in [1.82, 2.24) is 15.5 Å². The Morgan fingerprint density at radius 3 is 2.26 bits per heavy atom. The van der Waals surface area contributed by atoms with Crippen molar-refractivity contribution >= 4 is 17.6 Å². The highest BCUT2D eigenvalue weighted by Gasteiger charge is 2.41. The van der Waals surface area contributed by atoms with Gasteiger partial charge in [0.2, 0.25) is 0 Å². The zero-order valence-corrected chi connectivity index (χ0v) is 16.5. The van der Waals surface area contributed by atoms with Crippen LogP contribution in [0.1, 0.15) is 44.3 Å². The molecular formula is C23H20N4O4. The Kier molecular flexibility index (Phi) is 5.83. The number of rotatable bonds is 5. The van der Waals surface area contributed by atoms with E-state index < -0.39 is 24.0 Å². The quantitative estimate of drug-likeness (QED) is 0.285. The highest BCUT2D eigenvalue weighted by Crippen LogP contribution is 2.35. The van der Waals surface area contributed by atoms with Crippen LogP contribution in [0.4, 0.5) is 0 Å². The summed E-state index contributed by atoms with van der Waals surface area (Å²) in [5.41, 5.74) is 4.15. The summed E-state index contributed by atoms with van der Waals surface area (Å²) in [6, 6.07) is 18.3. The van der Waals surface area contributed by atoms with Gasteiger partial charge in [0.15, 0.2) is 11.9 Å². The number of carbonyl (C=O) groups excluding carboxylic acids is 3. The van der Waals surface area contributed by atoms with E-state index in [1.807, 2.05) is 12.1 Å². The van der Waals surface area contributed by atoms with Crippen LogP contribution < -0.4 is 11.3 Å². The van der Waals surface area contributed by atoms with Gasteiger partial charge in [0.25, 0.3) is 11.8 Å². The first-order valence-corrected chi connectivity index (χ1v) is 9.69. The number of hydroxylamine groups is 2. The number of amides is 2. The molecule has 1 fully saturated rings. The van der Waals surface area contributed by atoms with Gasteiger partial charge in [-0.25, -0.2) is 10.9 Å². The molecule has 2 aromatic carbocycles. The van der Waals surface area contributed by atoms with E-state index in [4.69, 9.17) is 10.7 Å². The smallest absolute Gasteiger partial charge is 0.278 e. The third-order valence-corrected chi connectivity index (χ3v) is 5.10. The van der Waals surface area contributed by atoms with Gasteiger partial charge in [-0.15, -0.1) is 0 Å². The van der Waals surface area contributed by atoms with Crippen LogP contribution in [-0.2, 0) is 9.63 Å². The lowest BCUT2D eigenvalue weighted by Gasteiger charge is -2.22. The van der Waals surface area contributed by atoms with Crippen molar-refractivity contribution < 1.29 is 19.2 Å². The largest absolute Gasteiger partial charge is 0.292 e. The summed E-state index contributed by atoms with van der Waals surface area (Å²) >= 11 is 0. The predicted octanol–water partition coefficient (Wildman–Crippen LogP) is 2.19. The Morgan fingerprint density at radius 1 is 0.935 bits per heavy atom. The monoisotopic (exact) mass is 416 g/mol. The number of hydrogen-bond acceptors (Lipinski definition) is 6. The number of ketones is 1. The molecule has 1 aromatic heterocycles. The fourth-order valence-corrected chi connectivity index (χ4v) is 3.48. The molecule has 8 nitrogen and oxygen atoms in total. The van der Waals surface area contributed by atoms with Crippen molar-refractivity contribution in [3.05, 3.63) is 101 Å². The minimum absolute atomic E-state index is 0.134. The van der Waals surface area contributed by atoms with Crippen molar-refractivity contribution in [2.45, 2.75) is 18.6 Å². The lowest BCUT2D eigenvalue weighted by molar-refractivity contribution is -0.155. The van der Waals surface area contributed by atoms with Gasteiger partial charge in [-0.3, -0.25) is 29.6 Å². The number of hydrogen-bond donors (Lipinski definition) is 2. The van der Waals surface area contributed by atoms with E-state index in [1.165, 1.54) is 5.06 Å². The molecule has 0 spiro atoms. The molecule has 0 radical (unpaired) electrons. The Balaban J connectivity index is 1.58. The molecule has 31 heavy (non-hydrogen) atoms. The average Bonchev–Trinajstić information content (AvgIpc) is 3.29. The summed E-state index contributed by atoms with van der Waals surface area (Å²) in [6.45, 7) is 0. The topological polar surface area (TPSA) is 115 Å². The lowest BCUT2D eigenvalue weighted by Crippen LogP contribution is -2.40. The average molecular weight is 416 g/mol. The first-order valence-electron chi connectivity index (χ1n) is 9.69. The van der Waals surface area contributed by atoms with Gasteiger partial charge in [-0.2, -0.15) is 0 Å². The van der Waals surface area contributed by atoms with Crippen LogP contribution in [0, 0.1) is 0 Å². The second-order valence-electron chi connectivity index (χ2n) is 7.04. The molecule has 8 heteroatoms. The fourth-order valence-electron chi connectivity index (χ4n) is 3.48. The number of benzene rings is 2. The molecule has 2 heterocycles. The Labute approximate surface area is 178 Å². The summed E-state index contributed by atoms with van der Waals surface area (Å²) in [6.07, 6.45) is 2.58. The standard InChI is InChI=1S/C23H20N4O4/c24-26-22(29)20-13-19(18-7-4-12-25-14-18)27(31-20)23(30)17-10-8-16(9-11-17)21(28)15-5-2-1-3-6-15/h1-12,14,19-20H,13,24H2,(H,26,29). The molecule has 4 rings (SSSR count). The zero-order chi connectivity index (χ0) is 21.8. The number of nitrogens with zero attached hydrogens (tertiary/aromatic N) is 2. The maximum atomic E-state index is 13.2. The first-order chi connectivity index (χ1) is 15.1. The second kappa shape index (κ2) is 8.86. The molecule has 3 N–H and O–H groups in total. The predicted molar refractivity (Wildman–Crippen MR) is 111 cm³/mol. The van der Waals surface area contributed by atoms with Crippen molar-refractivity contribution in [2.75, 3.05) is 0 Å². The molecule has 1 aliphatic rings. The highest BCUT2D eigenvalue weighted by molar-refractivity contribution is 6.09. The number of pyridine rings is 1. The lowest BCUT2D eigenvalue weighted by atomic mass is 10.0. The minimum Gasteiger partial charge on any atom is -0.292 e. The minimum atomic E-state index is -0.905. The van der Waals surface area contributed by atoms with Crippen LogP contribution in [0.5, 0.6) is 0 Å². The van der Waals surface area contributed by atoms with Crippen LogP contribution in [0.2, 0.25) is 0 Å². The van der Waals surface area contributed by atoms with Crippen LogP contribution in [0.15, 0.2) is 79.1 Å². The van der Waals surface area contributed by atoms with E-state index in [0.29, 0.717) is 16.7 Å². The van der Waals surface area contributed by atoms with Crippen LogP contribution in [-0.4, -0.2) is 33.7 Å². The fraction of sp³-hybridized carbons (Fsp3) is 0.130. The van der Waals surface area contributed by atoms with E-state index >= 15 is 0 Å². The molecule has 3 aromatic rings. The number of aromatic nitrogens is 1. The summed E-state index contributed by atoms with van der Waals surface area (Å²) in [4.78, 5) is 47.5. The molecule has 0 bridgehead atoms. The molecule has 0 aliphatic carbocycles. The van der Waals surface area contributed by atoms with Gasteiger partial charge in [-0.05, 0) is 23.8 Å². The zero-order valence-electron chi connectivity index (χ0n) is 16.5. The Bertz CT molecular complexity index is 1090. The first kappa shape index (κ1) is 20.4. The van der Waals surface area contributed by atoms with E-state index in [9.17, 15) is 14.4 Å². The normalized spacial score (nSPS) is 17.9. The van der Waals surface area contributed by atoms with Crippen molar-refractivity contribution in [3.8, 4) is 0 Å². The second-order valence-corrected chi connectivity index (χ2v) is 7.04. The third-order valence-electron chi connectivity index (χ3n) is 5.10. The summed E-state index contributed by atoms with van der Waals surface area (Å²) in [5.74, 6) is 4.15. The molecule has 156 valence electrons. The Hall–Kier alpha value is -3.88. The summed E-state index contributed by atoms with van der Waals surface area (Å²) in [7, 11) is 0. The number of hydrazine groups is 1. The van der Waals surface area contributed by atoms with Crippen LogP contribution >= 0.6 is 0 Å². The van der Waals surface area contributed by atoms with E-state index in [-0.39, 0.29) is 12.2 Å². The Morgan fingerprint density at radius 2 is 1.61 bits per heavy atom. The van der Waals surface area contributed by atoms with Crippen molar-refractivity contribution in [2.24, 2.45) is 5.84 Å². The SMILES string of the molecule is NNC(=O)C1CC(c2cccnc2)N(C(=O)c2ccc(C(=O)c3ccccc3)cc2)O1. The molecule has 2 atom stereocenters. The van der Waals surface area contributed by atoms with Gasteiger partial charge < -0.3 is 0 Å². The third kappa shape index (κ3) is 4.20. The van der Waals surface area contributed by atoms with E-state index in [0.717, 1.165) is 5.56 Å². The van der Waals surface area contributed by atoms with Crippen LogP contribution in [0.3, 0.4) is 0 Å². The molecule has 1 saturated heterocycles. The number of carbonyl (C=O) groups is 3. The molecule has 0 saturated carbocycles. The maximum absolute atomic E-state index is 13.2. The van der Waals surface area contributed by atoms with Gasteiger partial charge in [0.05, 0.1) is 6.04 Å². The molecule has 2 unspecified atom stereocenters. The maximum Gasteiger partial charge on any atom is 0.278 e. The summed E-state index contributed by atoms with van der Waals surface area (Å²) < 4.78 is 0. The highest BCUT2D eigenvalue weighted by atomic mass is 16.7. The van der Waals surface area contributed by atoms with Crippen LogP contribution in [0.25, 0.3) is 0 Å². The van der Waals surface area contributed by atoms with Gasteiger partial charge >= 0.3 is 0 Å². The van der Waals surface area contributed by atoms with E-state index in [2.05, 4.69) is 10.4 Å². The number of nitrogens with one attached hydrogen (secondary N) is 1. The number of nitrogens with two attached hydrogens (primary N) is 1. The van der Waals surface area contributed by atoms with E-state index in [1.54, 1.807) is 67.0 Å². The van der Waals surface area contributed by atoms with Gasteiger partial charge in [0.1, 0.15) is 0 Å². The van der Waals surface area contributed by atoms with Gasteiger partial charge in [0, 0.05) is 35.5 Å². The van der Waals surface area contributed by atoms with Crippen molar-refractivity contribution in [3.63, 3.8) is 0 Å². The molecular weight excluding hydrogens is 396 g/mol. The van der Waals surface area contributed by atoms with Gasteiger partial charge in [-0.1, -0.05) is 48.5 Å². The summed E-state index contributed by atoms with van der Waals surface area (Å²) in [5, 5.41) is 1.17. The van der Waals surface area contributed by atoms with Crippen molar-refractivity contribution in [1.29, 1.82) is 0 Å².